The lowest BCUT2D eigenvalue weighted by Crippen LogP contribution is -1.99. The lowest BCUT2D eigenvalue weighted by molar-refractivity contribution is 0.0979. The maximum absolute atomic E-state index is 12.1. The fourth-order valence-corrected chi connectivity index (χ4v) is 2.91. The molecule has 0 fully saturated rings. The molecular weight excluding hydrogens is 268 g/mol. The van der Waals surface area contributed by atoms with Gasteiger partial charge in [0.1, 0.15) is 0 Å². The monoisotopic (exact) mass is 302 g/mol. The summed E-state index contributed by atoms with van der Waals surface area (Å²) in [7, 11) is 0. The maximum Gasteiger partial charge on any atom is 0.162 e. The predicted molar refractivity (Wildman–Crippen MR) is 96.6 cm³/mol. The van der Waals surface area contributed by atoms with Crippen LogP contribution in [0.4, 0.5) is 0 Å². The van der Waals surface area contributed by atoms with E-state index in [0.717, 1.165) is 12.0 Å². The van der Waals surface area contributed by atoms with Crippen LogP contribution in [-0.2, 0) is 0 Å². The first-order valence-corrected chi connectivity index (χ1v) is 9.34. The molecule has 1 heteroatoms. The van der Waals surface area contributed by atoms with Gasteiger partial charge in [-0.05, 0) is 19.4 Å². The van der Waals surface area contributed by atoms with Crippen LogP contribution in [0.5, 0.6) is 0 Å². The molecule has 0 heterocycles. The molecule has 0 amide bonds. The minimum absolute atomic E-state index is 0.305. The van der Waals surface area contributed by atoms with Gasteiger partial charge in [-0.15, -0.1) is 0 Å². The zero-order chi connectivity index (χ0) is 16.0. The average Bonchev–Trinajstić information content (AvgIpc) is 2.52. The fourth-order valence-electron chi connectivity index (χ4n) is 2.91. The van der Waals surface area contributed by atoms with Crippen molar-refractivity contribution >= 4 is 5.78 Å². The highest BCUT2D eigenvalue weighted by atomic mass is 16.1. The Morgan fingerprint density at radius 2 is 1.36 bits per heavy atom. The van der Waals surface area contributed by atoms with Gasteiger partial charge in [0.25, 0.3) is 0 Å². The molecule has 1 nitrogen and oxygen atoms in total. The molecule has 0 aromatic heterocycles. The zero-order valence-corrected chi connectivity index (χ0v) is 14.7. The van der Waals surface area contributed by atoms with E-state index in [9.17, 15) is 4.79 Å². The van der Waals surface area contributed by atoms with Crippen molar-refractivity contribution in [3.8, 4) is 0 Å². The van der Waals surface area contributed by atoms with Crippen LogP contribution in [0.2, 0.25) is 0 Å². The van der Waals surface area contributed by atoms with E-state index in [2.05, 4.69) is 6.92 Å². The molecular formula is C21H34O. The molecule has 0 aliphatic carbocycles. The number of carbonyl (C=O) groups is 1. The number of rotatable bonds is 13. The van der Waals surface area contributed by atoms with Crippen LogP contribution in [0, 0.1) is 6.92 Å². The Bertz CT molecular complexity index is 408. The molecule has 1 aromatic carbocycles. The summed E-state index contributed by atoms with van der Waals surface area (Å²) < 4.78 is 0. The topological polar surface area (TPSA) is 17.1 Å². The second-order valence-electron chi connectivity index (χ2n) is 6.58. The van der Waals surface area contributed by atoms with Crippen molar-refractivity contribution in [1.29, 1.82) is 0 Å². The number of Topliss-reactive ketones (excluding diaryl/α,β-unsaturated/α-hetero) is 1. The molecule has 0 saturated carbocycles. The van der Waals surface area contributed by atoms with E-state index in [1.807, 2.05) is 31.2 Å². The third kappa shape index (κ3) is 9.02. The first-order valence-electron chi connectivity index (χ1n) is 9.34. The number of ketones is 1. The van der Waals surface area contributed by atoms with Crippen LogP contribution in [0.15, 0.2) is 24.3 Å². The summed E-state index contributed by atoms with van der Waals surface area (Å²) in [6.45, 7) is 4.31. The smallest absolute Gasteiger partial charge is 0.162 e. The lowest BCUT2D eigenvalue weighted by atomic mass is 10.0. The molecule has 0 saturated heterocycles. The van der Waals surface area contributed by atoms with Crippen molar-refractivity contribution in [2.75, 3.05) is 0 Å². The lowest BCUT2D eigenvalue weighted by Gasteiger charge is -2.03. The number of hydrogen-bond donors (Lipinski definition) is 0. The average molecular weight is 303 g/mol. The van der Waals surface area contributed by atoms with E-state index in [4.69, 9.17) is 0 Å². The van der Waals surface area contributed by atoms with Crippen molar-refractivity contribution in [3.05, 3.63) is 35.4 Å². The van der Waals surface area contributed by atoms with E-state index in [1.165, 1.54) is 69.8 Å². The van der Waals surface area contributed by atoms with Crippen LogP contribution < -0.4 is 0 Å². The summed E-state index contributed by atoms with van der Waals surface area (Å²) in [5, 5.41) is 0. The summed E-state index contributed by atoms with van der Waals surface area (Å²) in [5.74, 6) is 0.305. The minimum atomic E-state index is 0.305. The predicted octanol–water partition coefficient (Wildman–Crippen LogP) is 6.88. The van der Waals surface area contributed by atoms with E-state index in [-0.39, 0.29) is 0 Å². The Morgan fingerprint density at radius 1 is 0.818 bits per heavy atom. The Balaban J connectivity index is 1.94. The van der Waals surface area contributed by atoms with E-state index >= 15 is 0 Å². The summed E-state index contributed by atoms with van der Waals surface area (Å²) in [6, 6.07) is 7.96. The van der Waals surface area contributed by atoms with E-state index < -0.39 is 0 Å². The maximum atomic E-state index is 12.1. The molecule has 1 aromatic rings. The number of benzene rings is 1. The quantitative estimate of drug-likeness (QED) is 0.287. The first-order chi connectivity index (χ1) is 10.7. The molecule has 22 heavy (non-hydrogen) atoms. The number of unbranched alkanes of at least 4 members (excludes halogenated alkanes) is 10. The minimum Gasteiger partial charge on any atom is -0.294 e. The van der Waals surface area contributed by atoms with E-state index in [1.54, 1.807) is 0 Å². The summed E-state index contributed by atoms with van der Waals surface area (Å²) in [6.07, 6.45) is 15.3. The number of aryl methyl sites for hydroxylation is 1. The second kappa shape index (κ2) is 12.4. The molecule has 0 bridgehead atoms. The highest BCUT2D eigenvalue weighted by Crippen LogP contribution is 2.14. The van der Waals surface area contributed by atoms with Crippen LogP contribution >= 0.6 is 0 Å². The van der Waals surface area contributed by atoms with Crippen molar-refractivity contribution in [1.82, 2.24) is 0 Å². The van der Waals surface area contributed by atoms with Gasteiger partial charge in [-0.3, -0.25) is 4.79 Å². The molecule has 0 aliphatic heterocycles. The van der Waals surface area contributed by atoms with Gasteiger partial charge in [0.05, 0.1) is 0 Å². The number of carbonyl (C=O) groups excluding carboxylic acids is 1. The Kier molecular flexibility index (Phi) is 10.7. The van der Waals surface area contributed by atoms with Gasteiger partial charge in [0.15, 0.2) is 5.78 Å². The molecule has 0 atom stereocenters. The van der Waals surface area contributed by atoms with Gasteiger partial charge in [0, 0.05) is 12.0 Å². The van der Waals surface area contributed by atoms with Gasteiger partial charge in [-0.2, -0.15) is 0 Å². The summed E-state index contributed by atoms with van der Waals surface area (Å²) in [5.41, 5.74) is 2.05. The normalized spacial score (nSPS) is 10.8. The third-order valence-corrected chi connectivity index (χ3v) is 4.35. The summed E-state index contributed by atoms with van der Waals surface area (Å²) >= 11 is 0. The van der Waals surface area contributed by atoms with Gasteiger partial charge >= 0.3 is 0 Å². The van der Waals surface area contributed by atoms with Crippen LogP contribution in [-0.4, -0.2) is 5.78 Å². The molecule has 0 unspecified atom stereocenters. The molecule has 0 radical (unpaired) electrons. The van der Waals surface area contributed by atoms with Crippen LogP contribution in [0.25, 0.3) is 0 Å². The van der Waals surface area contributed by atoms with Gasteiger partial charge in [-0.1, -0.05) is 94.9 Å². The largest absolute Gasteiger partial charge is 0.294 e. The second-order valence-corrected chi connectivity index (χ2v) is 6.58. The van der Waals surface area contributed by atoms with Crippen molar-refractivity contribution < 1.29 is 4.79 Å². The molecule has 0 aliphatic rings. The van der Waals surface area contributed by atoms with Gasteiger partial charge < -0.3 is 0 Å². The number of hydrogen-bond acceptors (Lipinski definition) is 1. The fraction of sp³-hybridized carbons (Fsp3) is 0.667. The Morgan fingerprint density at radius 3 is 1.91 bits per heavy atom. The standard InChI is InChI=1S/C21H34O/c1-3-4-5-6-7-8-9-10-11-12-13-17-21(22)20-16-14-15-19(2)18-20/h14-16,18H,3-13,17H2,1-2H3. The highest BCUT2D eigenvalue weighted by Gasteiger charge is 2.05. The molecule has 124 valence electrons. The highest BCUT2D eigenvalue weighted by molar-refractivity contribution is 5.96. The Labute approximate surface area is 137 Å². The third-order valence-electron chi connectivity index (χ3n) is 4.35. The van der Waals surface area contributed by atoms with Gasteiger partial charge in [-0.25, -0.2) is 0 Å². The van der Waals surface area contributed by atoms with Crippen LogP contribution in [0.3, 0.4) is 0 Å². The zero-order valence-electron chi connectivity index (χ0n) is 14.7. The van der Waals surface area contributed by atoms with E-state index in [0.29, 0.717) is 12.2 Å². The SMILES string of the molecule is CCCCCCCCCCCCCC(=O)c1cccc(C)c1. The van der Waals surface area contributed by atoms with Crippen molar-refractivity contribution in [2.45, 2.75) is 90.9 Å². The van der Waals surface area contributed by atoms with Gasteiger partial charge in [0.2, 0.25) is 0 Å². The Hall–Kier alpha value is -1.11. The first kappa shape index (κ1) is 18.9. The van der Waals surface area contributed by atoms with Crippen molar-refractivity contribution in [2.24, 2.45) is 0 Å². The molecule has 1 rings (SSSR count). The summed E-state index contributed by atoms with van der Waals surface area (Å²) in [4.78, 5) is 12.1. The molecule has 0 spiro atoms. The van der Waals surface area contributed by atoms with Crippen LogP contribution in [0.1, 0.15) is 99.9 Å². The van der Waals surface area contributed by atoms with Crippen molar-refractivity contribution in [3.63, 3.8) is 0 Å². The molecule has 0 N–H and O–H groups in total.